The van der Waals surface area contributed by atoms with Gasteiger partial charge in [-0.25, -0.2) is 0 Å². The molecule has 8 heteroatoms. The van der Waals surface area contributed by atoms with E-state index in [2.05, 4.69) is 10.2 Å². The van der Waals surface area contributed by atoms with Gasteiger partial charge in [0.1, 0.15) is 12.0 Å². The Balaban J connectivity index is 0. The van der Waals surface area contributed by atoms with Crippen LogP contribution in [0.15, 0.2) is 16.7 Å². The van der Waals surface area contributed by atoms with E-state index in [1.54, 1.807) is 13.2 Å². The third-order valence-electron chi connectivity index (χ3n) is 2.78. The Kier molecular flexibility index (Phi) is 13.8. The Morgan fingerprint density at radius 1 is 1.43 bits per heavy atom. The zero-order chi connectivity index (χ0) is 14.1. The van der Waals surface area contributed by atoms with E-state index in [-0.39, 0.29) is 30.7 Å². The van der Waals surface area contributed by atoms with Gasteiger partial charge in [-0.05, 0) is 19.5 Å². The monoisotopic (exact) mass is 341 g/mol. The number of amides is 1. The molecule has 0 aromatic carbocycles. The van der Waals surface area contributed by atoms with Crippen molar-refractivity contribution in [3.63, 3.8) is 0 Å². The van der Waals surface area contributed by atoms with E-state index < -0.39 is 0 Å². The predicted octanol–water partition coefficient (Wildman–Crippen LogP) is 1.28. The number of halogens is 2. The number of hydrogen-bond donors (Lipinski definition) is 2. The molecule has 3 N–H and O–H groups in total. The number of rotatable bonds is 9. The first kappa shape index (κ1) is 22.5. The minimum Gasteiger partial charge on any atom is -0.467 e. The molecule has 0 unspecified atom stereocenters. The smallest absolute Gasteiger partial charge is 0.254 e. The van der Waals surface area contributed by atoms with Gasteiger partial charge >= 0.3 is 0 Å². The first-order chi connectivity index (χ1) is 9.17. The lowest BCUT2D eigenvalue weighted by atomic mass is 10.3. The summed E-state index contributed by atoms with van der Waals surface area (Å²) in [6.45, 7) is 3.42. The summed E-state index contributed by atoms with van der Waals surface area (Å²) in [5.41, 5.74) is 5.93. The molecule has 1 amide bonds. The van der Waals surface area contributed by atoms with Crippen molar-refractivity contribution >= 4 is 30.7 Å². The van der Waals surface area contributed by atoms with Gasteiger partial charge < -0.3 is 25.1 Å². The average Bonchev–Trinajstić information content (AvgIpc) is 2.87. The van der Waals surface area contributed by atoms with Gasteiger partial charge in [-0.2, -0.15) is 0 Å². The van der Waals surface area contributed by atoms with Gasteiger partial charge in [0, 0.05) is 33.4 Å². The Morgan fingerprint density at radius 2 is 2.14 bits per heavy atom. The molecule has 0 aliphatic rings. The van der Waals surface area contributed by atoms with E-state index in [1.807, 2.05) is 7.05 Å². The predicted molar refractivity (Wildman–Crippen MR) is 87.4 cm³/mol. The molecule has 0 saturated carbocycles. The summed E-state index contributed by atoms with van der Waals surface area (Å²) in [5.74, 6) is 0.482. The number of nitrogens with zero attached hydrogens (tertiary/aromatic N) is 1. The maximum atomic E-state index is 11.8. The molecule has 0 saturated heterocycles. The molecule has 6 nitrogen and oxygen atoms in total. The van der Waals surface area contributed by atoms with E-state index >= 15 is 0 Å². The number of likely N-dealkylation sites (N-methyl/N-ethyl adjacent to an activating group) is 1. The quantitative estimate of drug-likeness (QED) is 0.661. The maximum absolute atomic E-state index is 11.8. The largest absolute Gasteiger partial charge is 0.467 e. The van der Waals surface area contributed by atoms with Gasteiger partial charge in [0.2, 0.25) is 0 Å². The molecule has 1 rings (SSSR count). The summed E-state index contributed by atoms with van der Waals surface area (Å²) in [7, 11) is 3.72. The molecular weight excluding hydrogens is 317 g/mol. The van der Waals surface area contributed by atoms with E-state index in [4.69, 9.17) is 14.9 Å². The van der Waals surface area contributed by atoms with E-state index in [0.717, 1.165) is 26.1 Å². The van der Waals surface area contributed by atoms with Gasteiger partial charge in [-0.1, -0.05) is 0 Å². The summed E-state index contributed by atoms with van der Waals surface area (Å²) >= 11 is 0. The summed E-state index contributed by atoms with van der Waals surface area (Å²) < 4.78 is 10.1. The fraction of sp³-hybridized carbons (Fsp3) is 0.615. The summed E-state index contributed by atoms with van der Waals surface area (Å²) in [5, 5.41) is 2.85. The van der Waals surface area contributed by atoms with Crippen LogP contribution >= 0.6 is 24.8 Å². The Labute approximate surface area is 138 Å². The minimum atomic E-state index is -0.131. The Hall–Kier alpha value is -0.790. The average molecular weight is 342 g/mol. The maximum Gasteiger partial charge on any atom is 0.254 e. The zero-order valence-corrected chi connectivity index (χ0v) is 14.1. The third-order valence-corrected chi connectivity index (χ3v) is 2.78. The van der Waals surface area contributed by atoms with E-state index in [0.29, 0.717) is 24.4 Å². The Morgan fingerprint density at radius 3 is 2.71 bits per heavy atom. The van der Waals surface area contributed by atoms with Crippen LogP contribution in [0.2, 0.25) is 0 Å². The molecule has 0 aliphatic heterocycles. The van der Waals surface area contributed by atoms with Crippen LogP contribution < -0.4 is 11.1 Å². The van der Waals surface area contributed by atoms with Crippen molar-refractivity contribution in [2.24, 2.45) is 5.73 Å². The van der Waals surface area contributed by atoms with Crippen LogP contribution in [0.25, 0.3) is 0 Å². The van der Waals surface area contributed by atoms with Gasteiger partial charge in [0.25, 0.3) is 5.91 Å². The lowest BCUT2D eigenvalue weighted by Gasteiger charge is -2.16. The first-order valence-electron chi connectivity index (χ1n) is 6.40. The number of ether oxygens (including phenoxy) is 1. The number of carbonyl (C=O) groups is 1. The second kappa shape index (κ2) is 12.9. The first-order valence-corrected chi connectivity index (χ1v) is 6.40. The number of methoxy groups -OCH3 is 1. The number of hydrogen-bond acceptors (Lipinski definition) is 5. The number of nitrogens with two attached hydrogens (primary N) is 1. The van der Waals surface area contributed by atoms with Crippen LogP contribution in [-0.4, -0.2) is 51.2 Å². The number of furan rings is 1. The highest BCUT2D eigenvalue weighted by atomic mass is 35.5. The highest BCUT2D eigenvalue weighted by molar-refractivity contribution is 5.93. The van der Waals surface area contributed by atoms with Gasteiger partial charge in [0.15, 0.2) is 0 Å². The van der Waals surface area contributed by atoms with Crippen molar-refractivity contribution in [3.05, 3.63) is 23.7 Å². The van der Waals surface area contributed by atoms with Crippen molar-refractivity contribution in [1.29, 1.82) is 0 Å². The fourth-order valence-corrected chi connectivity index (χ4v) is 1.66. The number of carbonyl (C=O) groups excluding carboxylic acids is 1. The van der Waals surface area contributed by atoms with Crippen LogP contribution in [0.4, 0.5) is 0 Å². The van der Waals surface area contributed by atoms with Crippen LogP contribution in [0.5, 0.6) is 0 Å². The normalized spacial score (nSPS) is 9.90. The zero-order valence-electron chi connectivity index (χ0n) is 12.5. The Bertz CT molecular complexity index is 388. The van der Waals surface area contributed by atoms with Gasteiger partial charge in [-0.3, -0.25) is 4.79 Å². The highest BCUT2D eigenvalue weighted by Crippen LogP contribution is 2.06. The van der Waals surface area contributed by atoms with Crippen LogP contribution in [0.1, 0.15) is 22.5 Å². The van der Waals surface area contributed by atoms with Crippen molar-refractivity contribution in [1.82, 2.24) is 10.2 Å². The van der Waals surface area contributed by atoms with E-state index in [9.17, 15) is 4.79 Å². The topological polar surface area (TPSA) is 80.7 Å². The van der Waals surface area contributed by atoms with Crippen molar-refractivity contribution in [3.8, 4) is 0 Å². The lowest BCUT2D eigenvalue weighted by molar-refractivity contribution is 0.0948. The fourth-order valence-electron chi connectivity index (χ4n) is 1.66. The van der Waals surface area contributed by atoms with Gasteiger partial charge in [-0.15, -0.1) is 24.8 Å². The van der Waals surface area contributed by atoms with Crippen molar-refractivity contribution < 1.29 is 13.9 Å². The molecule has 21 heavy (non-hydrogen) atoms. The van der Waals surface area contributed by atoms with E-state index in [1.165, 1.54) is 6.26 Å². The third kappa shape index (κ3) is 8.95. The lowest BCUT2D eigenvalue weighted by Crippen LogP contribution is -2.33. The van der Waals surface area contributed by atoms with Gasteiger partial charge in [0.05, 0.1) is 12.1 Å². The molecule has 0 fully saturated rings. The molecule has 124 valence electrons. The second-order valence-corrected chi connectivity index (χ2v) is 4.41. The minimum absolute atomic E-state index is 0. The molecule has 0 bridgehead atoms. The highest BCUT2D eigenvalue weighted by Gasteiger charge is 2.09. The standard InChI is InChI=1S/C13H23N3O3.2ClH/c1-16(5-3-7-18-2)6-4-15-13(17)11-8-12(9-14)19-10-11;;/h8,10H,3-7,9,14H2,1-2H3,(H,15,17);2*1H. The molecule has 0 atom stereocenters. The number of nitrogens with one attached hydrogen (secondary N) is 1. The van der Waals surface area contributed by atoms with Crippen LogP contribution in [-0.2, 0) is 11.3 Å². The summed E-state index contributed by atoms with van der Waals surface area (Å²) in [6, 6.07) is 1.66. The summed E-state index contributed by atoms with van der Waals surface area (Å²) in [6.07, 6.45) is 2.42. The second-order valence-electron chi connectivity index (χ2n) is 4.41. The molecule has 0 spiro atoms. The molecule has 0 aliphatic carbocycles. The van der Waals surface area contributed by atoms with Crippen molar-refractivity contribution in [2.75, 3.05) is 40.4 Å². The molecule has 1 heterocycles. The molecule has 1 aromatic heterocycles. The summed E-state index contributed by atoms with van der Waals surface area (Å²) in [4.78, 5) is 13.9. The SMILES string of the molecule is COCCCN(C)CCNC(=O)c1coc(CN)c1.Cl.Cl. The van der Waals surface area contributed by atoms with Crippen LogP contribution in [0.3, 0.4) is 0 Å². The molecular formula is C13H25Cl2N3O3. The van der Waals surface area contributed by atoms with Crippen molar-refractivity contribution in [2.45, 2.75) is 13.0 Å². The molecule has 0 radical (unpaired) electrons. The molecule has 1 aromatic rings. The van der Waals surface area contributed by atoms with Crippen LogP contribution in [0, 0.1) is 0 Å².